The number of hydrogen-bond donors (Lipinski definition) is 1. The lowest BCUT2D eigenvalue weighted by molar-refractivity contribution is -0.118. The summed E-state index contributed by atoms with van der Waals surface area (Å²) in [6, 6.07) is 3.90. The van der Waals surface area contributed by atoms with Crippen molar-refractivity contribution >= 4 is 44.8 Å². The molecule has 1 N–H and O–H groups in total. The number of hydrogen-bond acceptors (Lipinski definition) is 6. The van der Waals surface area contributed by atoms with Crippen molar-refractivity contribution in [3.63, 3.8) is 0 Å². The number of nitrogens with zero attached hydrogens (tertiary/aromatic N) is 1. The van der Waals surface area contributed by atoms with E-state index >= 15 is 0 Å². The summed E-state index contributed by atoms with van der Waals surface area (Å²) < 4.78 is 10.7. The van der Waals surface area contributed by atoms with Crippen molar-refractivity contribution < 1.29 is 19.1 Å². The Morgan fingerprint density at radius 2 is 2.23 bits per heavy atom. The first-order valence-electron chi connectivity index (χ1n) is 6.66. The quantitative estimate of drug-likeness (QED) is 0.803. The molecule has 22 heavy (non-hydrogen) atoms. The summed E-state index contributed by atoms with van der Waals surface area (Å²) in [5, 5.41) is 12.1. The van der Waals surface area contributed by atoms with E-state index in [2.05, 4.69) is 27.3 Å². The van der Waals surface area contributed by atoms with Gasteiger partial charge in [-0.3, -0.25) is 4.79 Å². The molecule has 1 amide bonds. The van der Waals surface area contributed by atoms with Crippen molar-refractivity contribution in [1.82, 2.24) is 0 Å². The van der Waals surface area contributed by atoms with Crippen molar-refractivity contribution in [2.75, 3.05) is 25.6 Å². The zero-order valence-corrected chi connectivity index (χ0v) is 14.4. The van der Waals surface area contributed by atoms with Gasteiger partial charge in [-0.25, -0.2) is 4.79 Å². The molecule has 1 aliphatic heterocycles. The number of carbonyl (C=O) groups is 2. The highest BCUT2D eigenvalue weighted by Crippen LogP contribution is 2.35. The first kappa shape index (κ1) is 16.9. The third-order valence-electron chi connectivity index (χ3n) is 3.53. The van der Waals surface area contributed by atoms with Crippen LogP contribution in [0.15, 0.2) is 9.85 Å². The topological polar surface area (TPSA) is 88.4 Å². The smallest absolute Gasteiger partial charge is 0.350 e. The fourth-order valence-electron chi connectivity index (χ4n) is 2.29. The summed E-state index contributed by atoms with van der Waals surface area (Å²) in [7, 11) is 1.29. The van der Waals surface area contributed by atoms with E-state index in [0.29, 0.717) is 40.4 Å². The molecule has 1 aromatic rings. The van der Waals surface area contributed by atoms with Crippen LogP contribution in [0.1, 0.15) is 28.9 Å². The molecule has 1 fully saturated rings. The molecule has 0 aromatic carbocycles. The minimum absolute atomic E-state index is 0.0843. The van der Waals surface area contributed by atoms with Crippen molar-refractivity contribution in [3.8, 4) is 6.07 Å². The maximum atomic E-state index is 12.3. The number of halogens is 1. The number of ether oxygens (including phenoxy) is 2. The van der Waals surface area contributed by atoms with E-state index in [0.717, 1.165) is 0 Å². The molecule has 2 heterocycles. The van der Waals surface area contributed by atoms with Crippen LogP contribution in [0.2, 0.25) is 0 Å². The first-order valence-corrected chi connectivity index (χ1v) is 8.27. The maximum absolute atomic E-state index is 12.3. The Kier molecular flexibility index (Phi) is 5.56. The number of esters is 1. The predicted octanol–water partition coefficient (Wildman–Crippen LogP) is 2.95. The number of carbonyl (C=O) groups excluding carboxylic acids is 2. The maximum Gasteiger partial charge on any atom is 0.350 e. The van der Waals surface area contributed by atoms with Gasteiger partial charge in [0.15, 0.2) is 0 Å². The number of thiophene rings is 1. The van der Waals surface area contributed by atoms with Crippen LogP contribution in [0.5, 0.6) is 0 Å². The molecule has 118 valence electrons. The summed E-state index contributed by atoms with van der Waals surface area (Å²) in [5.74, 6) is -0.800. The van der Waals surface area contributed by atoms with Gasteiger partial charge in [-0.1, -0.05) is 0 Å². The Balaban J connectivity index is 2.09. The second-order valence-electron chi connectivity index (χ2n) is 5.01. The number of rotatable bonds is 4. The lowest BCUT2D eigenvalue weighted by Gasteiger charge is -2.29. The minimum atomic E-state index is -0.693. The molecule has 0 saturated carbocycles. The average molecular weight is 387 g/mol. The highest BCUT2D eigenvalue weighted by molar-refractivity contribution is 9.11. The number of anilines is 1. The second-order valence-corrected chi connectivity index (χ2v) is 7.45. The number of methoxy groups -OCH3 is 1. The van der Waals surface area contributed by atoms with E-state index in [4.69, 9.17) is 9.47 Å². The van der Waals surface area contributed by atoms with Gasteiger partial charge < -0.3 is 14.8 Å². The molecule has 6 nitrogen and oxygen atoms in total. The zero-order chi connectivity index (χ0) is 16.2. The Bertz CT molecular complexity index is 617. The molecule has 1 aromatic heterocycles. The van der Waals surface area contributed by atoms with Crippen molar-refractivity contribution in [3.05, 3.63) is 14.7 Å². The van der Waals surface area contributed by atoms with Gasteiger partial charge in [-0.2, -0.15) is 5.26 Å². The number of nitriles is 1. The van der Waals surface area contributed by atoms with Gasteiger partial charge in [0.1, 0.15) is 4.88 Å². The van der Waals surface area contributed by atoms with Gasteiger partial charge >= 0.3 is 5.97 Å². The van der Waals surface area contributed by atoms with Crippen LogP contribution in [0.4, 0.5) is 5.69 Å². The van der Waals surface area contributed by atoms with E-state index in [1.807, 2.05) is 0 Å². The Morgan fingerprint density at radius 1 is 1.55 bits per heavy atom. The summed E-state index contributed by atoms with van der Waals surface area (Å²) >= 11 is 4.47. The van der Waals surface area contributed by atoms with E-state index in [-0.39, 0.29) is 12.3 Å². The van der Waals surface area contributed by atoms with Gasteiger partial charge in [-0.05, 0) is 34.8 Å². The number of nitrogens with one attached hydrogen (secondary N) is 1. The summed E-state index contributed by atoms with van der Waals surface area (Å²) in [6.45, 7) is 0.969. The lowest BCUT2D eigenvalue weighted by Crippen LogP contribution is -2.32. The Morgan fingerprint density at radius 3 is 2.82 bits per heavy atom. The van der Waals surface area contributed by atoms with Crippen LogP contribution in [0.25, 0.3) is 0 Å². The first-order chi connectivity index (χ1) is 10.5. The molecule has 0 unspecified atom stereocenters. The van der Waals surface area contributed by atoms with Crippen molar-refractivity contribution in [1.29, 1.82) is 5.26 Å². The van der Waals surface area contributed by atoms with E-state index in [1.54, 1.807) is 6.07 Å². The van der Waals surface area contributed by atoms with Gasteiger partial charge in [0.05, 0.1) is 28.1 Å². The van der Waals surface area contributed by atoms with Gasteiger partial charge in [0.25, 0.3) is 0 Å². The molecule has 0 aliphatic carbocycles. The molecule has 2 rings (SSSR count). The van der Waals surface area contributed by atoms with Crippen molar-refractivity contribution in [2.45, 2.75) is 19.3 Å². The SMILES string of the molecule is COC(=O)c1sc(Br)cc1NC(=O)CC1(C#N)CCOCC1. The van der Waals surface area contributed by atoms with E-state index in [9.17, 15) is 14.9 Å². The molecular weight excluding hydrogens is 372 g/mol. The van der Waals surface area contributed by atoms with Crippen LogP contribution in [-0.4, -0.2) is 32.2 Å². The summed E-state index contributed by atoms with van der Waals surface area (Å²) in [5.41, 5.74) is -0.296. The Hall–Kier alpha value is -1.43. The van der Waals surface area contributed by atoms with Gasteiger partial charge in [-0.15, -0.1) is 11.3 Å². The summed E-state index contributed by atoms with van der Waals surface area (Å²) in [4.78, 5) is 24.3. The standard InChI is InChI=1S/C14H15BrN2O4S/c1-20-13(19)12-9(6-10(15)22-12)17-11(18)7-14(8-16)2-4-21-5-3-14/h6H,2-5,7H2,1H3,(H,17,18). The normalized spacial score (nSPS) is 16.6. The Labute approximate surface area is 140 Å². The van der Waals surface area contributed by atoms with Crippen LogP contribution in [0.3, 0.4) is 0 Å². The second kappa shape index (κ2) is 7.22. The van der Waals surface area contributed by atoms with Crippen LogP contribution < -0.4 is 5.32 Å². The minimum Gasteiger partial charge on any atom is -0.465 e. The van der Waals surface area contributed by atoms with E-state index in [1.165, 1.54) is 18.4 Å². The predicted molar refractivity (Wildman–Crippen MR) is 84.7 cm³/mol. The van der Waals surface area contributed by atoms with Crippen LogP contribution in [-0.2, 0) is 14.3 Å². The monoisotopic (exact) mass is 386 g/mol. The van der Waals surface area contributed by atoms with E-state index < -0.39 is 11.4 Å². The molecule has 0 atom stereocenters. The zero-order valence-electron chi connectivity index (χ0n) is 12.0. The highest BCUT2D eigenvalue weighted by atomic mass is 79.9. The van der Waals surface area contributed by atoms with Crippen molar-refractivity contribution in [2.24, 2.45) is 5.41 Å². The molecule has 8 heteroatoms. The molecule has 1 aliphatic rings. The van der Waals surface area contributed by atoms with Crippen LogP contribution in [0, 0.1) is 16.7 Å². The van der Waals surface area contributed by atoms with Gasteiger partial charge in [0.2, 0.25) is 5.91 Å². The fourth-order valence-corrected chi connectivity index (χ4v) is 3.76. The largest absolute Gasteiger partial charge is 0.465 e. The molecule has 1 saturated heterocycles. The highest BCUT2D eigenvalue weighted by Gasteiger charge is 2.35. The molecule has 0 bridgehead atoms. The van der Waals surface area contributed by atoms with Crippen LogP contribution >= 0.6 is 27.3 Å². The fraction of sp³-hybridized carbons (Fsp3) is 0.500. The molecule has 0 spiro atoms. The lowest BCUT2D eigenvalue weighted by atomic mass is 9.78. The average Bonchev–Trinajstić information content (AvgIpc) is 2.87. The molecular formula is C14H15BrN2O4S. The third-order valence-corrected chi connectivity index (χ3v) is 5.15. The molecule has 0 radical (unpaired) electrons. The third kappa shape index (κ3) is 3.85. The van der Waals surface area contributed by atoms with Gasteiger partial charge in [0, 0.05) is 19.6 Å². The number of amides is 1. The summed E-state index contributed by atoms with van der Waals surface area (Å²) in [6.07, 6.45) is 1.16.